The molecule has 2 saturated heterocycles. The van der Waals surface area contributed by atoms with Crippen LogP contribution in [-0.2, 0) is 92.1 Å². The number of carbonyl (C=O) groups is 8. The molecule has 0 unspecified atom stereocenters. The van der Waals surface area contributed by atoms with Gasteiger partial charge in [0, 0.05) is 48.5 Å². The van der Waals surface area contributed by atoms with E-state index in [2.05, 4.69) is 0 Å². The fourth-order valence-electron chi connectivity index (χ4n) is 6.27. The Labute approximate surface area is 322 Å². The van der Waals surface area contributed by atoms with Crippen molar-refractivity contribution in [2.24, 2.45) is 0 Å². The molecule has 2 fully saturated rings. The highest BCUT2D eigenvalue weighted by atomic mass is 16.8. The summed E-state index contributed by atoms with van der Waals surface area (Å²) in [5.41, 5.74) is 1.20. The van der Waals surface area contributed by atoms with Crippen molar-refractivity contribution in [3.05, 3.63) is 35.4 Å². The molecule has 2 heterocycles. The predicted molar refractivity (Wildman–Crippen MR) is 184 cm³/mol. The van der Waals surface area contributed by atoms with E-state index in [1.54, 1.807) is 24.3 Å². The third kappa shape index (κ3) is 13.6. The summed E-state index contributed by atoms with van der Waals surface area (Å²) in [6, 6.07) is 6.70. The van der Waals surface area contributed by atoms with Crippen LogP contribution in [0, 0.1) is 0 Å². The Morgan fingerprint density at radius 2 is 0.946 bits per heavy atom. The Morgan fingerprint density at radius 3 is 1.41 bits per heavy atom. The summed E-state index contributed by atoms with van der Waals surface area (Å²) in [6.07, 6.45) is -13.6. The van der Waals surface area contributed by atoms with Crippen molar-refractivity contribution in [1.82, 2.24) is 0 Å². The zero-order valence-corrected chi connectivity index (χ0v) is 32.4. The second kappa shape index (κ2) is 21.2. The van der Waals surface area contributed by atoms with Gasteiger partial charge in [0.1, 0.15) is 31.5 Å². The Morgan fingerprint density at radius 1 is 0.518 bits per heavy atom. The summed E-state index contributed by atoms with van der Waals surface area (Å²) >= 11 is 0. The summed E-state index contributed by atoms with van der Waals surface area (Å²) < 4.78 is 62.0. The highest BCUT2D eigenvalue weighted by Gasteiger charge is 2.57. The maximum absolute atomic E-state index is 12.7. The highest BCUT2D eigenvalue weighted by molar-refractivity contribution is 5.89. The monoisotopic (exact) mass is 796 g/mol. The van der Waals surface area contributed by atoms with Gasteiger partial charge < -0.3 is 52.1 Å². The second-order valence-electron chi connectivity index (χ2n) is 12.9. The number of methoxy groups -OCH3 is 1. The zero-order valence-electron chi connectivity index (χ0n) is 32.4. The quantitative estimate of drug-likeness (QED) is 0.170. The topological polar surface area (TPSA) is 238 Å². The smallest absolute Gasteiger partial charge is 0.337 e. The van der Waals surface area contributed by atoms with E-state index in [9.17, 15) is 38.4 Å². The molecule has 0 bridgehead atoms. The number of rotatable bonds is 16. The van der Waals surface area contributed by atoms with Gasteiger partial charge in [-0.3, -0.25) is 33.6 Å². The van der Waals surface area contributed by atoms with E-state index < -0.39 is 122 Å². The number of ether oxygens (including phenoxy) is 11. The molecule has 2 aliphatic rings. The minimum absolute atomic E-state index is 0.179. The summed E-state index contributed by atoms with van der Waals surface area (Å²) in [7, 11) is 1.27. The molecule has 10 atom stereocenters. The lowest BCUT2D eigenvalue weighted by Gasteiger charge is -2.49. The first-order valence-electron chi connectivity index (χ1n) is 17.7. The third-order valence-corrected chi connectivity index (χ3v) is 8.35. The largest absolute Gasteiger partial charge is 0.465 e. The lowest BCUT2D eigenvalue weighted by molar-refractivity contribution is -0.345. The molecular weight excluding hydrogens is 748 g/mol. The van der Waals surface area contributed by atoms with E-state index in [0.29, 0.717) is 18.4 Å². The molecule has 0 aromatic heterocycles. The molecule has 0 spiro atoms. The highest BCUT2D eigenvalue weighted by Crippen LogP contribution is 2.36. The predicted octanol–water partition coefficient (Wildman–Crippen LogP) is 1.46. The van der Waals surface area contributed by atoms with Crippen molar-refractivity contribution in [3.8, 4) is 0 Å². The first kappa shape index (κ1) is 45.3. The maximum atomic E-state index is 12.7. The molecule has 2 aliphatic heterocycles. The molecule has 0 N–H and O–H groups in total. The van der Waals surface area contributed by atoms with E-state index >= 15 is 0 Å². The van der Waals surface area contributed by atoms with Gasteiger partial charge in [0.15, 0.2) is 36.8 Å². The molecule has 0 aliphatic carbocycles. The van der Waals surface area contributed by atoms with Crippen LogP contribution in [0.15, 0.2) is 24.3 Å². The summed E-state index contributed by atoms with van der Waals surface area (Å²) in [4.78, 5) is 98.0. The molecular formula is C37H48O19. The second-order valence-corrected chi connectivity index (χ2v) is 12.9. The zero-order chi connectivity index (χ0) is 41.7. The van der Waals surface area contributed by atoms with Gasteiger partial charge in [-0.25, -0.2) is 4.79 Å². The van der Waals surface area contributed by atoms with Crippen LogP contribution in [0.2, 0.25) is 0 Å². The van der Waals surface area contributed by atoms with Crippen LogP contribution < -0.4 is 0 Å². The van der Waals surface area contributed by atoms with E-state index in [1.807, 2.05) is 0 Å². The van der Waals surface area contributed by atoms with Crippen molar-refractivity contribution in [3.63, 3.8) is 0 Å². The average molecular weight is 797 g/mol. The van der Waals surface area contributed by atoms with Gasteiger partial charge in [-0.2, -0.15) is 0 Å². The standard InChI is InChI=1S/C37H48O19/c1-18(38)47-16-28-31(50-21(4)41)33(30(49-20(3)40)27(54-28)11-9-10-25-12-14-26(15-13-25)36(45)46-8)56-37-35(53-24(7)44)34(52-23(6)43)32(51-22(5)42)29(55-37)17-48-19(2)39/h12-15,27-35,37H,9-11,16-17H2,1-8H3/t27-,28-,29-,30-,31-,32-,33-,34-,35-,37-/m1/s1. The lowest BCUT2D eigenvalue weighted by atomic mass is 9.90. The normalized spacial score (nSPS) is 27.1. The molecule has 19 nitrogen and oxygen atoms in total. The molecule has 0 radical (unpaired) electrons. The lowest BCUT2D eigenvalue weighted by Crippen LogP contribution is -2.67. The van der Waals surface area contributed by atoms with Gasteiger partial charge in [0.05, 0.1) is 18.8 Å². The Bertz CT molecular complexity index is 1570. The molecule has 3 rings (SSSR count). The third-order valence-electron chi connectivity index (χ3n) is 8.35. The molecule has 56 heavy (non-hydrogen) atoms. The van der Waals surface area contributed by atoms with Gasteiger partial charge in [0.25, 0.3) is 0 Å². The maximum Gasteiger partial charge on any atom is 0.337 e. The first-order chi connectivity index (χ1) is 26.4. The van der Waals surface area contributed by atoms with Crippen LogP contribution in [-0.4, -0.2) is 129 Å². The van der Waals surface area contributed by atoms with Crippen LogP contribution in [0.3, 0.4) is 0 Å². The number of aryl methyl sites for hydroxylation is 1. The van der Waals surface area contributed by atoms with E-state index in [0.717, 1.165) is 54.0 Å². The fraction of sp³-hybridized carbons (Fsp3) is 0.622. The SMILES string of the molecule is COC(=O)c1ccc(CCC[C@H]2O[C@H](COC(C)=O)[C@@H](OC(C)=O)[C@H](O[C@H]3O[C@H](COC(C)=O)[C@@H](OC(C)=O)[C@@H](OC(C)=O)[C@H]3OC(C)=O)[C@@H]2OC(C)=O)cc1. The average Bonchev–Trinajstić information content (AvgIpc) is 3.10. The number of benzene rings is 1. The minimum Gasteiger partial charge on any atom is -0.465 e. The molecule has 310 valence electrons. The Balaban J connectivity index is 2.11. The molecule has 1 aromatic carbocycles. The van der Waals surface area contributed by atoms with Crippen molar-refractivity contribution >= 4 is 47.8 Å². The number of hydrogen-bond acceptors (Lipinski definition) is 19. The summed E-state index contributed by atoms with van der Waals surface area (Å²) in [5, 5.41) is 0. The van der Waals surface area contributed by atoms with E-state index in [4.69, 9.17) is 52.1 Å². The molecule has 19 heteroatoms. The summed E-state index contributed by atoms with van der Waals surface area (Å²) in [5.74, 6) is -6.22. The van der Waals surface area contributed by atoms with Crippen LogP contribution in [0.25, 0.3) is 0 Å². The van der Waals surface area contributed by atoms with Gasteiger partial charge >= 0.3 is 47.8 Å². The van der Waals surface area contributed by atoms with Crippen molar-refractivity contribution in [2.45, 2.75) is 129 Å². The van der Waals surface area contributed by atoms with Crippen LogP contribution in [0.1, 0.15) is 77.2 Å². The number of carbonyl (C=O) groups excluding carboxylic acids is 8. The first-order valence-corrected chi connectivity index (χ1v) is 17.7. The van der Waals surface area contributed by atoms with Crippen LogP contribution in [0.4, 0.5) is 0 Å². The molecule has 0 saturated carbocycles. The molecule has 0 amide bonds. The van der Waals surface area contributed by atoms with Gasteiger partial charge in [-0.1, -0.05) is 12.1 Å². The summed E-state index contributed by atoms with van der Waals surface area (Å²) in [6.45, 7) is 6.61. The Kier molecular flexibility index (Phi) is 17.2. The van der Waals surface area contributed by atoms with E-state index in [1.165, 1.54) is 7.11 Å². The minimum atomic E-state index is -1.78. The van der Waals surface area contributed by atoms with Crippen molar-refractivity contribution in [2.75, 3.05) is 20.3 Å². The number of hydrogen-bond donors (Lipinski definition) is 0. The van der Waals surface area contributed by atoms with Crippen molar-refractivity contribution < 1.29 is 90.5 Å². The van der Waals surface area contributed by atoms with Gasteiger partial charge in [-0.05, 0) is 37.0 Å². The van der Waals surface area contributed by atoms with Gasteiger partial charge in [-0.15, -0.1) is 0 Å². The van der Waals surface area contributed by atoms with Crippen LogP contribution in [0.5, 0.6) is 0 Å². The van der Waals surface area contributed by atoms with Gasteiger partial charge in [0.2, 0.25) is 0 Å². The van der Waals surface area contributed by atoms with Crippen molar-refractivity contribution in [1.29, 1.82) is 0 Å². The fourth-order valence-corrected chi connectivity index (χ4v) is 6.27. The Hall–Kier alpha value is -5.14. The van der Waals surface area contributed by atoms with Crippen LogP contribution >= 0.6 is 0 Å². The molecule has 1 aromatic rings. The van der Waals surface area contributed by atoms with E-state index in [-0.39, 0.29) is 6.42 Å². The number of esters is 8.